The molecular formula is C17H16S2. The lowest BCUT2D eigenvalue weighted by Gasteiger charge is -2.07. The SMILES string of the molecule is c1ccc(SC2=C(Sc3ccccc3)CCC2)cc1. The summed E-state index contributed by atoms with van der Waals surface area (Å²) in [6.45, 7) is 0. The van der Waals surface area contributed by atoms with Crippen LogP contribution in [-0.4, -0.2) is 0 Å². The van der Waals surface area contributed by atoms with Gasteiger partial charge in [0.15, 0.2) is 0 Å². The molecule has 0 bridgehead atoms. The smallest absolute Gasteiger partial charge is 0.0119 e. The molecule has 2 aromatic carbocycles. The number of rotatable bonds is 4. The second-order valence-electron chi connectivity index (χ2n) is 4.53. The molecule has 1 aliphatic carbocycles. The van der Waals surface area contributed by atoms with Crippen LogP contribution in [0.2, 0.25) is 0 Å². The summed E-state index contributed by atoms with van der Waals surface area (Å²) < 4.78 is 0. The van der Waals surface area contributed by atoms with Crippen molar-refractivity contribution in [2.24, 2.45) is 0 Å². The molecule has 0 atom stereocenters. The third-order valence-corrected chi connectivity index (χ3v) is 5.63. The maximum Gasteiger partial charge on any atom is 0.0119 e. The van der Waals surface area contributed by atoms with Crippen molar-refractivity contribution in [3.63, 3.8) is 0 Å². The average molecular weight is 284 g/mol. The van der Waals surface area contributed by atoms with E-state index >= 15 is 0 Å². The van der Waals surface area contributed by atoms with Gasteiger partial charge < -0.3 is 0 Å². The maximum atomic E-state index is 2.20. The van der Waals surface area contributed by atoms with Gasteiger partial charge in [-0.1, -0.05) is 59.9 Å². The van der Waals surface area contributed by atoms with Gasteiger partial charge >= 0.3 is 0 Å². The lowest BCUT2D eigenvalue weighted by molar-refractivity contribution is 0.921. The van der Waals surface area contributed by atoms with Crippen molar-refractivity contribution in [3.05, 3.63) is 70.5 Å². The van der Waals surface area contributed by atoms with E-state index in [0.717, 1.165) is 0 Å². The molecule has 0 spiro atoms. The molecule has 2 aromatic rings. The van der Waals surface area contributed by atoms with Gasteiger partial charge in [-0.3, -0.25) is 0 Å². The molecule has 0 heterocycles. The number of thioether (sulfide) groups is 2. The molecule has 0 saturated heterocycles. The fraction of sp³-hybridized carbons (Fsp3) is 0.176. The third-order valence-electron chi connectivity index (χ3n) is 3.09. The van der Waals surface area contributed by atoms with Crippen molar-refractivity contribution in [2.45, 2.75) is 29.1 Å². The molecule has 1 aliphatic rings. The van der Waals surface area contributed by atoms with E-state index in [2.05, 4.69) is 60.7 Å². The summed E-state index contributed by atoms with van der Waals surface area (Å²) in [4.78, 5) is 5.82. The van der Waals surface area contributed by atoms with E-state index in [1.807, 2.05) is 23.5 Å². The first-order chi connectivity index (χ1) is 9.42. The number of benzene rings is 2. The molecule has 0 unspecified atom stereocenters. The Kier molecular flexibility index (Phi) is 4.31. The van der Waals surface area contributed by atoms with Crippen molar-refractivity contribution >= 4 is 23.5 Å². The van der Waals surface area contributed by atoms with Gasteiger partial charge in [0.1, 0.15) is 0 Å². The minimum absolute atomic E-state index is 1.23. The van der Waals surface area contributed by atoms with Crippen LogP contribution in [0.1, 0.15) is 19.3 Å². The molecule has 3 rings (SSSR count). The quantitative estimate of drug-likeness (QED) is 0.678. The van der Waals surface area contributed by atoms with Gasteiger partial charge in [-0.15, -0.1) is 0 Å². The van der Waals surface area contributed by atoms with Gasteiger partial charge in [0.2, 0.25) is 0 Å². The Balaban J connectivity index is 1.77. The zero-order valence-electron chi connectivity index (χ0n) is 10.7. The van der Waals surface area contributed by atoms with E-state index in [0.29, 0.717) is 0 Å². The van der Waals surface area contributed by atoms with E-state index in [-0.39, 0.29) is 0 Å². The van der Waals surface area contributed by atoms with Crippen LogP contribution in [-0.2, 0) is 0 Å². The molecule has 0 aromatic heterocycles. The Morgan fingerprint density at radius 1 is 0.579 bits per heavy atom. The number of hydrogen-bond acceptors (Lipinski definition) is 2. The molecule has 0 nitrogen and oxygen atoms in total. The summed E-state index contributed by atoms with van der Waals surface area (Å²) in [6, 6.07) is 21.4. The Morgan fingerprint density at radius 2 is 1.00 bits per heavy atom. The van der Waals surface area contributed by atoms with Crippen molar-refractivity contribution in [1.82, 2.24) is 0 Å². The molecular weight excluding hydrogens is 268 g/mol. The Hall–Kier alpha value is -1.12. The molecule has 0 radical (unpaired) electrons. The second kappa shape index (κ2) is 6.36. The topological polar surface area (TPSA) is 0 Å². The average Bonchev–Trinajstić information content (AvgIpc) is 2.88. The van der Waals surface area contributed by atoms with Crippen LogP contribution < -0.4 is 0 Å². The van der Waals surface area contributed by atoms with Crippen LogP contribution in [0.4, 0.5) is 0 Å². The van der Waals surface area contributed by atoms with E-state index in [1.54, 1.807) is 9.81 Å². The van der Waals surface area contributed by atoms with Crippen LogP contribution in [0, 0.1) is 0 Å². The standard InChI is InChI=1S/C17H16S2/c1-3-8-14(9-4-1)18-16-12-7-13-17(16)19-15-10-5-2-6-11-15/h1-6,8-11H,7,12-13H2. The predicted molar refractivity (Wildman–Crippen MR) is 85.5 cm³/mol. The summed E-state index contributed by atoms with van der Waals surface area (Å²) in [5, 5.41) is 0. The molecule has 0 N–H and O–H groups in total. The highest BCUT2D eigenvalue weighted by atomic mass is 32.2. The molecule has 0 saturated carbocycles. The maximum absolute atomic E-state index is 2.20. The Labute approximate surface area is 123 Å². The zero-order valence-corrected chi connectivity index (χ0v) is 12.3. The molecule has 19 heavy (non-hydrogen) atoms. The van der Waals surface area contributed by atoms with Gasteiger partial charge in [-0.05, 0) is 53.3 Å². The largest absolute Gasteiger partial charge is 0.0937 e. The van der Waals surface area contributed by atoms with Crippen LogP contribution in [0.25, 0.3) is 0 Å². The van der Waals surface area contributed by atoms with Crippen molar-refractivity contribution < 1.29 is 0 Å². The Morgan fingerprint density at radius 3 is 1.42 bits per heavy atom. The molecule has 2 heteroatoms. The summed E-state index contributed by atoms with van der Waals surface area (Å²) in [7, 11) is 0. The van der Waals surface area contributed by atoms with Crippen LogP contribution in [0.5, 0.6) is 0 Å². The second-order valence-corrected chi connectivity index (χ2v) is 6.87. The summed E-state index contributed by atoms with van der Waals surface area (Å²) in [5.74, 6) is 0. The van der Waals surface area contributed by atoms with Gasteiger partial charge in [0.05, 0.1) is 0 Å². The predicted octanol–water partition coefficient (Wildman–Crippen LogP) is 5.97. The third kappa shape index (κ3) is 3.46. The fourth-order valence-corrected chi connectivity index (χ4v) is 4.50. The normalized spacial score (nSPS) is 14.9. The summed E-state index contributed by atoms with van der Waals surface area (Å²) in [5.41, 5.74) is 0. The van der Waals surface area contributed by atoms with Gasteiger partial charge in [0.25, 0.3) is 0 Å². The van der Waals surface area contributed by atoms with Crippen LogP contribution in [0.15, 0.2) is 80.3 Å². The summed E-state index contributed by atoms with van der Waals surface area (Å²) in [6.07, 6.45) is 3.76. The lowest BCUT2D eigenvalue weighted by atomic mass is 10.4. The van der Waals surface area contributed by atoms with E-state index in [4.69, 9.17) is 0 Å². The van der Waals surface area contributed by atoms with E-state index in [9.17, 15) is 0 Å². The van der Waals surface area contributed by atoms with Crippen molar-refractivity contribution in [1.29, 1.82) is 0 Å². The molecule has 0 fully saturated rings. The van der Waals surface area contributed by atoms with E-state index in [1.165, 1.54) is 29.1 Å². The first-order valence-electron chi connectivity index (χ1n) is 6.59. The van der Waals surface area contributed by atoms with E-state index < -0.39 is 0 Å². The zero-order chi connectivity index (χ0) is 12.9. The highest BCUT2D eigenvalue weighted by Gasteiger charge is 2.16. The van der Waals surface area contributed by atoms with Crippen molar-refractivity contribution in [3.8, 4) is 0 Å². The van der Waals surface area contributed by atoms with Crippen molar-refractivity contribution in [2.75, 3.05) is 0 Å². The van der Waals surface area contributed by atoms with Gasteiger partial charge in [0, 0.05) is 9.79 Å². The first-order valence-corrected chi connectivity index (χ1v) is 8.23. The highest BCUT2D eigenvalue weighted by Crippen LogP contribution is 2.45. The fourth-order valence-electron chi connectivity index (χ4n) is 2.17. The lowest BCUT2D eigenvalue weighted by Crippen LogP contribution is -1.77. The van der Waals surface area contributed by atoms with Crippen LogP contribution in [0.3, 0.4) is 0 Å². The van der Waals surface area contributed by atoms with Gasteiger partial charge in [-0.2, -0.15) is 0 Å². The minimum atomic E-state index is 1.23. The van der Waals surface area contributed by atoms with Gasteiger partial charge in [-0.25, -0.2) is 0 Å². The monoisotopic (exact) mass is 284 g/mol. The Bertz CT molecular complexity index is 507. The molecule has 0 amide bonds. The minimum Gasteiger partial charge on any atom is -0.0937 e. The number of allylic oxidation sites excluding steroid dienone is 2. The number of hydrogen-bond donors (Lipinski definition) is 0. The summed E-state index contributed by atoms with van der Waals surface area (Å²) >= 11 is 3.87. The molecule has 96 valence electrons. The van der Waals surface area contributed by atoms with Crippen LogP contribution >= 0.6 is 23.5 Å². The first kappa shape index (κ1) is 12.9. The highest BCUT2D eigenvalue weighted by molar-refractivity contribution is 8.06. The molecule has 0 aliphatic heterocycles.